The number of hydrogen-bond donors (Lipinski definition) is 1. The molecule has 1 rings (SSSR count). The molecule has 0 aliphatic rings. The van der Waals surface area contributed by atoms with Crippen LogP contribution in [0.25, 0.3) is 0 Å². The normalized spacial score (nSPS) is 9.55. The first kappa shape index (κ1) is 7.53. The minimum Gasteiger partial charge on any atom is -0.365 e. The Bertz CT molecular complexity index is 298. The van der Waals surface area contributed by atoms with E-state index in [9.17, 15) is 14.3 Å². The van der Waals surface area contributed by atoms with Gasteiger partial charge in [0.1, 0.15) is 5.82 Å². The lowest BCUT2D eigenvalue weighted by Crippen LogP contribution is -2.11. The smallest absolute Gasteiger partial charge is 0.252 e. The molecular formula is C7H5FNO2. The van der Waals surface area contributed by atoms with Crippen LogP contribution >= 0.6 is 0 Å². The van der Waals surface area contributed by atoms with Gasteiger partial charge in [-0.25, -0.2) is 4.39 Å². The zero-order valence-corrected chi connectivity index (χ0v) is 5.50. The van der Waals surface area contributed by atoms with Crippen molar-refractivity contribution < 1.29 is 14.3 Å². The molecule has 57 valence electrons. The van der Waals surface area contributed by atoms with Crippen LogP contribution in [0.1, 0.15) is 10.4 Å². The summed E-state index contributed by atoms with van der Waals surface area (Å²) >= 11 is 0. The summed E-state index contributed by atoms with van der Waals surface area (Å²) in [4.78, 5) is 10.4. The van der Waals surface area contributed by atoms with Crippen LogP contribution in [0, 0.1) is 5.82 Å². The third-order valence-electron chi connectivity index (χ3n) is 1.21. The average molecular weight is 154 g/mol. The minimum absolute atomic E-state index is 0.315. The first-order chi connectivity index (χ1) is 5.11. The Morgan fingerprint density at radius 1 is 1.45 bits per heavy atom. The van der Waals surface area contributed by atoms with Gasteiger partial charge in [0.15, 0.2) is 5.75 Å². The Morgan fingerprint density at radius 3 is 2.55 bits per heavy atom. The number of benzene rings is 1. The van der Waals surface area contributed by atoms with Crippen molar-refractivity contribution in [3.8, 4) is 5.75 Å². The molecule has 2 N–H and O–H groups in total. The predicted molar refractivity (Wildman–Crippen MR) is 35.1 cm³/mol. The van der Waals surface area contributed by atoms with Crippen molar-refractivity contribution in [1.29, 1.82) is 0 Å². The molecule has 0 aliphatic heterocycles. The third-order valence-corrected chi connectivity index (χ3v) is 1.21. The van der Waals surface area contributed by atoms with Gasteiger partial charge in [0.05, 0.1) is 5.56 Å². The van der Waals surface area contributed by atoms with Crippen LogP contribution in [0.15, 0.2) is 18.2 Å². The van der Waals surface area contributed by atoms with Gasteiger partial charge in [-0.15, -0.1) is 0 Å². The average Bonchev–Trinajstić information content (AvgIpc) is 1.94. The van der Waals surface area contributed by atoms with E-state index in [1.807, 2.05) is 0 Å². The number of primary amides is 1. The molecule has 1 amide bonds. The van der Waals surface area contributed by atoms with Gasteiger partial charge in [0.2, 0.25) is 0 Å². The maximum atomic E-state index is 12.4. The second-order valence-electron chi connectivity index (χ2n) is 2.00. The van der Waals surface area contributed by atoms with E-state index in [1.165, 1.54) is 0 Å². The lowest BCUT2D eigenvalue weighted by Gasteiger charge is -1.95. The van der Waals surface area contributed by atoms with Crippen molar-refractivity contribution in [2.75, 3.05) is 0 Å². The molecule has 0 bridgehead atoms. The highest BCUT2D eigenvalue weighted by Crippen LogP contribution is 2.17. The van der Waals surface area contributed by atoms with Gasteiger partial charge in [-0.2, -0.15) is 0 Å². The summed E-state index contributed by atoms with van der Waals surface area (Å²) in [5, 5.41) is 10.7. The van der Waals surface area contributed by atoms with Crippen molar-refractivity contribution in [3.63, 3.8) is 0 Å². The van der Waals surface area contributed by atoms with Crippen LogP contribution < -0.4 is 5.73 Å². The van der Waals surface area contributed by atoms with Gasteiger partial charge in [0, 0.05) is 0 Å². The molecule has 0 saturated carbocycles. The monoisotopic (exact) mass is 154 g/mol. The van der Waals surface area contributed by atoms with Crippen molar-refractivity contribution in [3.05, 3.63) is 29.6 Å². The molecule has 1 aromatic rings. The molecular weight excluding hydrogens is 149 g/mol. The van der Waals surface area contributed by atoms with E-state index in [0.29, 0.717) is 0 Å². The van der Waals surface area contributed by atoms with Gasteiger partial charge in [-0.05, 0) is 18.2 Å². The van der Waals surface area contributed by atoms with E-state index in [2.05, 4.69) is 0 Å². The number of hydrogen-bond acceptors (Lipinski definition) is 1. The first-order valence-corrected chi connectivity index (χ1v) is 2.87. The third kappa shape index (κ3) is 1.46. The topological polar surface area (TPSA) is 63.0 Å². The number of carbonyl (C=O) groups is 1. The molecule has 0 saturated heterocycles. The number of amides is 1. The van der Waals surface area contributed by atoms with Gasteiger partial charge in [0.25, 0.3) is 5.91 Å². The molecule has 0 atom stereocenters. The molecule has 4 heteroatoms. The molecule has 11 heavy (non-hydrogen) atoms. The molecule has 0 aromatic heterocycles. The maximum absolute atomic E-state index is 12.4. The quantitative estimate of drug-likeness (QED) is 0.646. The van der Waals surface area contributed by atoms with E-state index >= 15 is 0 Å². The maximum Gasteiger partial charge on any atom is 0.252 e. The summed E-state index contributed by atoms with van der Waals surface area (Å²) < 4.78 is 12.4. The van der Waals surface area contributed by atoms with Crippen molar-refractivity contribution in [2.24, 2.45) is 5.73 Å². The summed E-state index contributed by atoms with van der Waals surface area (Å²) in [5.41, 5.74) is 4.46. The second kappa shape index (κ2) is 2.57. The Balaban J connectivity index is 3.23. The molecule has 1 aromatic carbocycles. The van der Waals surface area contributed by atoms with Crippen LogP contribution in [0.3, 0.4) is 0 Å². The molecule has 0 aliphatic carbocycles. The Hall–Kier alpha value is -1.58. The molecule has 0 unspecified atom stereocenters. The summed E-state index contributed by atoms with van der Waals surface area (Å²) in [7, 11) is 0. The number of carbonyl (C=O) groups excluding carboxylic acids is 1. The fraction of sp³-hybridized carbons (Fsp3) is 0. The fourth-order valence-electron chi connectivity index (χ4n) is 0.695. The highest BCUT2D eigenvalue weighted by molar-refractivity contribution is 5.95. The summed E-state index contributed by atoms with van der Waals surface area (Å²) in [6.45, 7) is 0. The van der Waals surface area contributed by atoms with Crippen molar-refractivity contribution in [2.45, 2.75) is 0 Å². The van der Waals surface area contributed by atoms with Gasteiger partial charge >= 0.3 is 0 Å². The van der Waals surface area contributed by atoms with Crippen LogP contribution in [0.5, 0.6) is 5.75 Å². The lowest BCUT2D eigenvalue weighted by molar-refractivity contribution is 0.0995. The lowest BCUT2D eigenvalue weighted by atomic mass is 10.2. The van der Waals surface area contributed by atoms with E-state index in [0.717, 1.165) is 18.2 Å². The standard InChI is InChI=1S/C7H5FNO2/c8-4-1-2-6(10)5(3-4)7(9)11/h1-3H,(H2,9,11). The Labute approximate surface area is 62.3 Å². The zero-order valence-electron chi connectivity index (χ0n) is 5.50. The van der Waals surface area contributed by atoms with Gasteiger partial charge in [-0.1, -0.05) is 0 Å². The summed E-state index contributed by atoms with van der Waals surface area (Å²) in [5.74, 6) is -2.10. The SMILES string of the molecule is NC(=O)c1cc(F)ccc1[O]. The Kier molecular flexibility index (Phi) is 1.76. The molecule has 3 nitrogen and oxygen atoms in total. The molecule has 0 fully saturated rings. The van der Waals surface area contributed by atoms with Gasteiger partial charge < -0.3 is 5.73 Å². The van der Waals surface area contributed by atoms with Crippen molar-refractivity contribution >= 4 is 5.91 Å². The fourth-order valence-corrected chi connectivity index (χ4v) is 0.695. The second-order valence-corrected chi connectivity index (χ2v) is 2.00. The van der Waals surface area contributed by atoms with Crippen LogP contribution in [0.4, 0.5) is 4.39 Å². The number of nitrogens with two attached hydrogens (primary N) is 1. The molecule has 1 radical (unpaired) electrons. The van der Waals surface area contributed by atoms with E-state index < -0.39 is 17.5 Å². The summed E-state index contributed by atoms with van der Waals surface area (Å²) in [6.07, 6.45) is 0. The zero-order chi connectivity index (χ0) is 8.43. The highest BCUT2D eigenvalue weighted by atomic mass is 19.1. The van der Waals surface area contributed by atoms with E-state index in [1.54, 1.807) is 0 Å². The van der Waals surface area contributed by atoms with Crippen LogP contribution in [-0.2, 0) is 5.11 Å². The Morgan fingerprint density at radius 2 is 2.09 bits per heavy atom. The van der Waals surface area contributed by atoms with Crippen molar-refractivity contribution in [1.82, 2.24) is 0 Å². The summed E-state index contributed by atoms with van der Waals surface area (Å²) in [6, 6.07) is 2.77. The van der Waals surface area contributed by atoms with E-state index in [-0.39, 0.29) is 5.56 Å². The highest BCUT2D eigenvalue weighted by Gasteiger charge is 2.08. The van der Waals surface area contributed by atoms with E-state index in [4.69, 9.17) is 5.73 Å². The molecule has 0 heterocycles. The largest absolute Gasteiger partial charge is 0.365 e. The van der Waals surface area contributed by atoms with Crippen LogP contribution in [0.2, 0.25) is 0 Å². The van der Waals surface area contributed by atoms with Crippen LogP contribution in [-0.4, -0.2) is 5.91 Å². The number of rotatable bonds is 1. The predicted octanol–water partition coefficient (Wildman–Crippen LogP) is 1.07. The molecule has 0 spiro atoms. The van der Waals surface area contributed by atoms with Gasteiger partial charge in [-0.3, -0.25) is 9.90 Å². The number of halogens is 1. The first-order valence-electron chi connectivity index (χ1n) is 2.87. The minimum atomic E-state index is -0.908.